The van der Waals surface area contributed by atoms with Gasteiger partial charge in [-0.3, -0.25) is 0 Å². The van der Waals surface area contributed by atoms with Crippen molar-refractivity contribution in [1.82, 2.24) is 0 Å². The Kier molecular flexibility index (Phi) is 4.22. The highest BCUT2D eigenvalue weighted by molar-refractivity contribution is 5.42. The van der Waals surface area contributed by atoms with Gasteiger partial charge in [0.1, 0.15) is 11.5 Å². The van der Waals surface area contributed by atoms with Crippen LogP contribution in [-0.4, -0.2) is 14.2 Å². The van der Waals surface area contributed by atoms with Crippen LogP contribution in [0, 0.1) is 0 Å². The van der Waals surface area contributed by atoms with Crippen LogP contribution in [0.25, 0.3) is 0 Å². The average molecular weight is 206 g/mol. The van der Waals surface area contributed by atoms with Gasteiger partial charge in [-0.1, -0.05) is 17.7 Å². The first-order chi connectivity index (χ1) is 7.21. The van der Waals surface area contributed by atoms with Crippen molar-refractivity contribution in [1.29, 1.82) is 0 Å². The van der Waals surface area contributed by atoms with E-state index in [0.717, 1.165) is 17.9 Å². The van der Waals surface area contributed by atoms with Crippen molar-refractivity contribution >= 4 is 0 Å². The molecule has 1 aromatic carbocycles. The van der Waals surface area contributed by atoms with Crippen LogP contribution in [0.15, 0.2) is 29.8 Å². The molecule has 0 bridgehead atoms. The Morgan fingerprint density at radius 2 is 2.00 bits per heavy atom. The predicted molar refractivity (Wildman–Crippen MR) is 62.7 cm³/mol. The topological polar surface area (TPSA) is 18.5 Å². The molecule has 1 rings (SSSR count). The summed E-state index contributed by atoms with van der Waals surface area (Å²) in [7, 11) is 3.34. The normalized spacial score (nSPS) is 11.3. The van der Waals surface area contributed by atoms with Gasteiger partial charge in [0.2, 0.25) is 0 Å². The quantitative estimate of drug-likeness (QED) is 0.704. The van der Waals surface area contributed by atoms with Crippen LogP contribution in [-0.2, 0) is 6.42 Å². The summed E-state index contributed by atoms with van der Waals surface area (Å²) in [5, 5.41) is 0. The molecule has 0 fully saturated rings. The van der Waals surface area contributed by atoms with Crippen LogP contribution < -0.4 is 9.47 Å². The van der Waals surface area contributed by atoms with Crippen molar-refractivity contribution in [2.24, 2.45) is 0 Å². The molecule has 0 radical (unpaired) electrons. The van der Waals surface area contributed by atoms with Gasteiger partial charge in [0.05, 0.1) is 14.2 Å². The van der Waals surface area contributed by atoms with Gasteiger partial charge in [-0.25, -0.2) is 0 Å². The van der Waals surface area contributed by atoms with E-state index in [2.05, 4.69) is 13.0 Å². The van der Waals surface area contributed by atoms with Gasteiger partial charge >= 0.3 is 0 Å². The van der Waals surface area contributed by atoms with Crippen LogP contribution in [0.4, 0.5) is 0 Å². The minimum Gasteiger partial charge on any atom is -0.497 e. The minimum atomic E-state index is 0.828. The number of rotatable bonds is 4. The van der Waals surface area contributed by atoms with Gasteiger partial charge in [-0.2, -0.15) is 0 Å². The molecule has 2 nitrogen and oxygen atoms in total. The summed E-state index contributed by atoms with van der Waals surface area (Å²) in [6.45, 7) is 4.16. The van der Waals surface area contributed by atoms with E-state index >= 15 is 0 Å². The summed E-state index contributed by atoms with van der Waals surface area (Å²) in [5.41, 5.74) is 2.52. The number of ether oxygens (including phenoxy) is 2. The van der Waals surface area contributed by atoms with Gasteiger partial charge in [0, 0.05) is 6.07 Å². The summed E-state index contributed by atoms with van der Waals surface area (Å²) >= 11 is 0. The van der Waals surface area contributed by atoms with Crippen molar-refractivity contribution in [2.45, 2.75) is 20.3 Å². The summed E-state index contributed by atoms with van der Waals surface area (Å²) in [4.78, 5) is 0. The Labute approximate surface area is 91.5 Å². The zero-order valence-electron chi connectivity index (χ0n) is 9.83. The lowest BCUT2D eigenvalue weighted by Gasteiger charge is -2.10. The Morgan fingerprint density at radius 1 is 1.27 bits per heavy atom. The van der Waals surface area contributed by atoms with E-state index in [1.54, 1.807) is 14.2 Å². The Morgan fingerprint density at radius 3 is 2.53 bits per heavy atom. The molecule has 0 N–H and O–H groups in total. The molecule has 0 aliphatic heterocycles. The van der Waals surface area contributed by atoms with Gasteiger partial charge < -0.3 is 9.47 Å². The molecule has 82 valence electrons. The Balaban J connectivity index is 2.97. The molecule has 0 unspecified atom stereocenters. The van der Waals surface area contributed by atoms with Gasteiger partial charge in [0.15, 0.2) is 0 Å². The number of benzene rings is 1. The summed E-state index contributed by atoms with van der Waals surface area (Å²) in [5.74, 6) is 1.71. The summed E-state index contributed by atoms with van der Waals surface area (Å²) < 4.78 is 10.5. The van der Waals surface area contributed by atoms with Crippen molar-refractivity contribution in [3.05, 3.63) is 35.4 Å². The third-order valence-corrected chi connectivity index (χ3v) is 2.46. The van der Waals surface area contributed by atoms with Gasteiger partial charge in [-0.05, 0) is 31.9 Å². The second-order valence-electron chi connectivity index (χ2n) is 3.49. The largest absolute Gasteiger partial charge is 0.497 e. The summed E-state index contributed by atoms with van der Waals surface area (Å²) in [6, 6.07) is 5.92. The maximum Gasteiger partial charge on any atom is 0.126 e. The van der Waals surface area contributed by atoms with Crippen LogP contribution in [0.2, 0.25) is 0 Å². The van der Waals surface area contributed by atoms with E-state index in [1.165, 1.54) is 11.1 Å². The maximum absolute atomic E-state index is 5.33. The second-order valence-corrected chi connectivity index (χ2v) is 3.49. The molecule has 0 spiro atoms. The lowest BCUT2D eigenvalue weighted by atomic mass is 10.1. The molecule has 0 saturated carbocycles. The smallest absolute Gasteiger partial charge is 0.126 e. The number of allylic oxidation sites excluding steroid dienone is 2. The number of hydrogen-bond donors (Lipinski definition) is 0. The lowest BCUT2D eigenvalue weighted by molar-refractivity contribution is 0.391. The van der Waals surface area contributed by atoms with E-state index < -0.39 is 0 Å². The molecule has 0 aliphatic rings. The zero-order valence-corrected chi connectivity index (χ0v) is 9.83. The molecular weight excluding hydrogens is 188 g/mol. The van der Waals surface area contributed by atoms with Crippen molar-refractivity contribution < 1.29 is 9.47 Å². The third kappa shape index (κ3) is 3.01. The lowest BCUT2D eigenvalue weighted by Crippen LogP contribution is -1.94. The summed E-state index contributed by atoms with van der Waals surface area (Å²) in [6.07, 6.45) is 3.04. The van der Waals surface area contributed by atoms with Crippen molar-refractivity contribution in [3.8, 4) is 11.5 Å². The van der Waals surface area contributed by atoms with Crippen molar-refractivity contribution in [2.75, 3.05) is 14.2 Å². The molecule has 0 aromatic heterocycles. The average Bonchev–Trinajstić information content (AvgIpc) is 2.29. The SMILES string of the molecule is C/C=C(\C)Cc1ccc(OC)cc1OC. The fourth-order valence-corrected chi connectivity index (χ4v) is 1.40. The first kappa shape index (κ1) is 11.6. The zero-order chi connectivity index (χ0) is 11.3. The molecular formula is C13H18O2. The highest BCUT2D eigenvalue weighted by Gasteiger charge is 2.04. The van der Waals surface area contributed by atoms with Gasteiger partial charge in [0.25, 0.3) is 0 Å². The standard InChI is InChI=1S/C13H18O2/c1-5-10(2)8-11-6-7-12(14-3)9-13(11)15-4/h5-7,9H,8H2,1-4H3/b10-5+. The van der Waals surface area contributed by atoms with E-state index in [4.69, 9.17) is 9.47 Å². The van der Waals surface area contributed by atoms with E-state index in [-0.39, 0.29) is 0 Å². The molecule has 15 heavy (non-hydrogen) atoms. The molecule has 0 atom stereocenters. The van der Waals surface area contributed by atoms with E-state index in [1.807, 2.05) is 25.1 Å². The first-order valence-electron chi connectivity index (χ1n) is 5.04. The second kappa shape index (κ2) is 5.44. The van der Waals surface area contributed by atoms with E-state index in [9.17, 15) is 0 Å². The molecule has 0 heterocycles. The molecule has 0 amide bonds. The number of hydrogen-bond acceptors (Lipinski definition) is 2. The van der Waals surface area contributed by atoms with Crippen LogP contribution in [0.1, 0.15) is 19.4 Å². The molecule has 0 saturated heterocycles. The monoisotopic (exact) mass is 206 g/mol. The Bertz CT molecular complexity index is 354. The van der Waals surface area contributed by atoms with Gasteiger partial charge in [-0.15, -0.1) is 0 Å². The van der Waals surface area contributed by atoms with Crippen LogP contribution >= 0.6 is 0 Å². The highest BCUT2D eigenvalue weighted by atomic mass is 16.5. The number of methoxy groups -OCH3 is 2. The molecule has 2 heteroatoms. The molecule has 0 aliphatic carbocycles. The van der Waals surface area contributed by atoms with Crippen LogP contribution in [0.5, 0.6) is 11.5 Å². The fraction of sp³-hybridized carbons (Fsp3) is 0.385. The maximum atomic E-state index is 5.33. The fourth-order valence-electron chi connectivity index (χ4n) is 1.40. The van der Waals surface area contributed by atoms with E-state index in [0.29, 0.717) is 0 Å². The Hall–Kier alpha value is -1.44. The molecule has 1 aromatic rings. The van der Waals surface area contributed by atoms with Crippen LogP contribution in [0.3, 0.4) is 0 Å². The third-order valence-electron chi connectivity index (χ3n) is 2.46. The first-order valence-corrected chi connectivity index (χ1v) is 5.04. The predicted octanol–water partition coefficient (Wildman–Crippen LogP) is 3.21. The highest BCUT2D eigenvalue weighted by Crippen LogP contribution is 2.26. The minimum absolute atomic E-state index is 0.828. The van der Waals surface area contributed by atoms with Crippen molar-refractivity contribution in [3.63, 3.8) is 0 Å².